The van der Waals surface area contributed by atoms with Crippen LogP contribution in [0.4, 0.5) is 0 Å². The molecule has 1 atom stereocenters. The largest absolute Gasteiger partial charge is 0.489 e. The van der Waals surface area contributed by atoms with Gasteiger partial charge >= 0.3 is 0 Å². The monoisotopic (exact) mass is 527 g/mol. The summed E-state index contributed by atoms with van der Waals surface area (Å²) in [5, 5.41) is 0.776. The van der Waals surface area contributed by atoms with E-state index in [-0.39, 0.29) is 0 Å². The number of benzene rings is 3. The first-order valence-electron chi connectivity index (χ1n) is 12.4. The van der Waals surface area contributed by atoms with Crippen LogP contribution in [0.3, 0.4) is 0 Å². The van der Waals surface area contributed by atoms with Crippen molar-refractivity contribution >= 4 is 23.4 Å². The Morgan fingerprint density at radius 1 is 0.917 bits per heavy atom. The Balaban J connectivity index is 1.58. The second kappa shape index (κ2) is 14.1. The Kier molecular flexibility index (Phi) is 11.1. The van der Waals surface area contributed by atoms with E-state index in [0.29, 0.717) is 12.5 Å². The average molecular weight is 528 g/mol. The molecule has 0 fully saturated rings. The molecule has 0 aliphatic carbocycles. The lowest BCUT2D eigenvalue weighted by Gasteiger charge is -2.37. The van der Waals surface area contributed by atoms with Crippen molar-refractivity contribution in [3.05, 3.63) is 88.9 Å². The lowest BCUT2D eigenvalue weighted by atomic mass is 9.84. The minimum atomic E-state index is -0.534. The zero-order valence-corrected chi connectivity index (χ0v) is 23.3. The highest BCUT2D eigenvalue weighted by atomic mass is 35.5. The molecular weight excluding hydrogens is 490 g/mol. The van der Waals surface area contributed by atoms with E-state index in [1.165, 1.54) is 0 Å². The molecule has 3 rings (SSSR count). The van der Waals surface area contributed by atoms with Crippen LogP contribution in [0.15, 0.2) is 82.6 Å². The quantitative estimate of drug-likeness (QED) is 0.217. The zero-order valence-electron chi connectivity index (χ0n) is 21.7. The molecule has 194 valence electrons. The maximum absolute atomic E-state index is 6.75. The average Bonchev–Trinajstić information content (AvgIpc) is 2.85. The Labute approximate surface area is 225 Å². The third kappa shape index (κ3) is 8.53. The van der Waals surface area contributed by atoms with Crippen LogP contribution in [-0.2, 0) is 22.5 Å². The fourth-order valence-electron chi connectivity index (χ4n) is 4.55. The number of methoxy groups -OCH3 is 2. The molecule has 0 heterocycles. The van der Waals surface area contributed by atoms with Gasteiger partial charge in [-0.2, -0.15) is 0 Å². The summed E-state index contributed by atoms with van der Waals surface area (Å²) >= 11 is 8.35. The van der Waals surface area contributed by atoms with Gasteiger partial charge in [0.15, 0.2) is 6.29 Å². The van der Waals surface area contributed by atoms with Crippen LogP contribution in [0.1, 0.15) is 44.2 Å². The molecule has 36 heavy (non-hydrogen) atoms. The predicted octanol–water partition coefficient (Wildman–Crippen LogP) is 7.76. The Morgan fingerprint density at radius 2 is 1.64 bits per heavy atom. The van der Waals surface area contributed by atoms with Crippen molar-refractivity contribution in [3.63, 3.8) is 0 Å². The van der Waals surface area contributed by atoms with Gasteiger partial charge in [-0.3, -0.25) is 0 Å². The molecule has 6 heteroatoms. The standard InChI is InChI=1S/C30H38ClNO3S/c1-22(2)20-30(32,29(33-3)34-4)17-9-12-24-15-16-27(19-28(24)31)36-26-14-8-13-25(18-26)35-21-23-10-6-5-7-11-23/h5-8,10-11,13-16,18-19,22,29H,9,12,17,20-21,32H2,1-4H3. The minimum absolute atomic E-state index is 0.429. The smallest absolute Gasteiger partial charge is 0.174 e. The molecule has 3 aromatic carbocycles. The highest BCUT2D eigenvalue weighted by Gasteiger charge is 2.35. The molecule has 4 nitrogen and oxygen atoms in total. The number of hydrogen-bond donors (Lipinski definition) is 1. The molecule has 0 aromatic heterocycles. The summed E-state index contributed by atoms with van der Waals surface area (Å²) in [5.74, 6) is 1.30. The van der Waals surface area contributed by atoms with Crippen LogP contribution < -0.4 is 10.5 Å². The van der Waals surface area contributed by atoms with Crippen LogP contribution in [0.2, 0.25) is 5.02 Å². The van der Waals surface area contributed by atoms with Gasteiger partial charge in [0.2, 0.25) is 0 Å². The molecule has 0 amide bonds. The van der Waals surface area contributed by atoms with Crippen molar-refractivity contribution in [2.75, 3.05) is 14.2 Å². The van der Waals surface area contributed by atoms with E-state index in [2.05, 4.69) is 50.2 Å². The van der Waals surface area contributed by atoms with Crippen molar-refractivity contribution in [1.29, 1.82) is 0 Å². The van der Waals surface area contributed by atoms with E-state index in [4.69, 9.17) is 31.5 Å². The van der Waals surface area contributed by atoms with E-state index < -0.39 is 11.8 Å². The van der Waals surface area contributed by atoms with Crippen LogP contribution in [-0.4, -0.2) is 26.0 Å². The maximum Gasteiger partial charge on any atom is 0.174 e. The summed E-state index contributed by atoms with van der Waals surface area (Å²) in [4.78, 5) is 2.20. The Morgan fingerprint density at radius 3 is 2.31 bits per heavy atom. The molecule has 0 radical (unpaired) electrons. The topological polar surface area (TPSA) is 53.7 Å². The van der Waals surface area contributed by atoms with Gasteiger partial charge < -0.3 is 19.9 Å². The van der Waals surface area contributed by atoms with Gasteiger partial charge in [0, 0.05) is 29.0 Å². The van der Waals surface area contributed by atoms with Crippen LogP contribution in [0.25, 0.3) is 0 Å². The van der Waals surface area contributed by atoms with Crippen molar-refractivity contribution < 1.29 is 14.2 Å². The van der Waals surface area contributed by atoms with Gasteiger partial charge in [-0.15, -0.1) is 0 Å². The van der Waals surface area contributed by atoms with Gasteiger partial charge in [-0.05, 0) is 73.1 Å². The highest BCUT2D eigenvalue weighted by Crippen LogP contribution is 2.34. The number of rotatable bonds is 14. The number of aryl methyl sites for hydroxylation is 1. The van der Waals surface area contributed by atoms with Gasteiger partial charge in [-0.25, -0.2) is 0 Å². The lowest BCUT2D eigenvalue weighted by molar-refractivity contribution is -0.152. The fourth-order valence-corrected chi connectivity index (χ4v) is 5.80. The summed E-state index contributed by atoms with van der Waals surface area (Å²) < 4.78 is 17.0. The first-order chi connectivity index (χ1) is 17.3. The van der Waals surface area contributed by atoms with E-state index in [9.17, 15) is 0 Å². The SMILES string of the molecule is COC(OC)C(N)(CCCc1ccc(Sc2cccc(OCc3ccccc3)c2)cc1Cl)CC(C)C. The van der Waals surface area contributed by atoms with E-state index >= 15 is 0 Å². The molecule has 0 saturated carbocycles. The summed E-state index contributed by atoms with van der Waals surface area (Å²) in [6, 6.07) is 24.6. The molecule has 0 spiro atoms. The Bertz CT molecular complexity index is 1070. The van der Waals surface area contributed by atoms with Gasteiger partial charge in [0.05, 0.1) is 5.54 Å². The third-order valence-corrected chi connectivity index (χ3v) is 7.42. The second-order valence-electron chi connectivity index (χ2n) is 9.59. The maximum atomic E-state index is 6.75. The molecule has 3 aromatic rings. The van der Waals surface area contributed by atoms with Crippen LogP contribution >= 0.6 is 23.4 Å². The van der Waals surface area contributed by atoms with Gasteiger partial charge in [0.1, 0.15) is 12.4 Å². The van der Waals surface area contributed by atoms with E-state index in [0.717, 1.165) is 57.4 Å². The molecule has 2 N–H and O–H groups in total. The molecule has 1 unspecified atom stereocenters. The summed E-state index contributed by atoms with van der Waals surface area (Å²) in [6.07, 6.45) is 2.95. The molecule has 0 aliphatic heterocycles. The first-order valence-corrected chi connectivity index (χ1v) is 13.6. The van der Waals surface area contributed by atoms with E-state index in [1.54, 1.807) is 26.0 Å². The summed E-state index contributed by atoms with van der Waals surface area (Å²) in [6.45, 7) is 4.89. The number of hydrogen-bond acceptors (Lipinski definition) is 5. The molecule has 0 bridgehead atoms. The molecule has 0 aliphatic rings. The Hall–Kier alpha value is -2.02. The van der Waals surface area contributed by atoms with Crippen molar-refractivity contribution in [2.24, 2.45) is 11.7 Å². The van der Waals surface area contributed by atoms with Crippen molar-refractivity contribution in [1.82, 2.24) is 0 Å². The van der Waals surface area contributed by atoms with Crippen molar-refractivity contribution in [3.8, 4) is 5.75 Å². The zero-order chi connectivity index (χ0) is 26.0. The number of ether oxygens (including phenoxy) is 3. The highest BCUT2D eigenvalue weighted by molar-refractivity contribution is 7.99. The second-order valence-corrected chi connectivity index (χ2v) is 11.1. The molecule has 0 saturated heterocycles. The van der Waals surface area contributed by atoms with Crippen LogP contribution in [0.5, 0.6) is 5.75 Å². The normalized spacial score (nSPS) is 13.2. The minimum Gasteiger partial charge on any atom is -0.489 e. The van der Waals surface area contributed by atoms with Crippen molar-refractivity contribution in [2.45, 2.75) is 67.8 Å². The molecular formula is C30H38ClNO3S. The van der Waals surface area contributed by atoms with Crippen LogP contribution in [0, 0.1) is 5.92 Å². The van der Waals surface area contributed by atoms with Gasteiger partial charge in [0.25, 0.3) is 0 Å². The predicted molar refractivity (Wildman–Crippen MR) is 150 cm³/mol. The first kappa shape index (κ1) is 28.5. The van der Waals surface area contributed by atoms with E-state index in [1.807, 2.05) is 36.4 Å². The lowest BCUT2D eigenvalue weighted by Crippen LogP contribution is -2.53. The summed E-state index contributed by atoms with van der Waals surface area (Å²) in [7, 11) is 3.29. The number of halogens is 1. The third-order valence-electron chi connectivity index (χ3n) is 6.09. The number of nitrogens with two attached hydrogens (primary N) is 1. The van der Waals surface area contributed by atoms with Gasteiger partial charge in [-0.1, -0.05) is 79.7 Å². The fraction of sp³-hybridized carbons (Fsp3) is 0.400. The summed E-state index contributed by atoms with van der Waals surface area (Å²) in [5.41, 5.74) is 8.48.